The molecule has 0 unspecified atom stereocenters. The molecule has 190 valence electrons. The number of carbonyl (C=O) groups is 1. The average Bonchev–Trinajstić information content (AvgIpc) is 3.44. The van der Waals surface area contributed by atoms with Gasteiger partial charge in [-0.25, -0.2) is 14.8 Å². The molecule has 0 aliphatic heterocycles. The van der Waals surface area contributed by atoms with Crippen LogP contribution in [0.15, 0.2) is 71.8 Å². The van der Waals surface area contributed by atoms with Crippen molar-refractivity contribution in [3.05, 3.63) is 82.4 Å². The number of carbonyl (C=O) groups excluding carboxylic acids is 1. The van der Waals surface area contributed by atoms with Crippen LogP contribution >= 0.6 is 11.6 Å². The first kappa shape index (κ1) is 23.9. The van der Waals surface area contributed by atoms with E-state index in [1.165, 1.54) is 18.0 Å². The summed E-state index contributed by atoms with van der Waals surface area (Å²) in [6.07, 6.45) is 2.17. The number of aryl methyl sites for hydroxylation is 1. The predicted molar refractivity (Wildman–Crippen MR) is 148 cm³/mol. The van der Waals surface area contributed by atoms with E-state index in [-0.39, 0.29) is 11.3 Å². The number of hydrogen-bond acceptors (Lipinski definition) is 6. The van der Waals surface area contributed by atoms with Crippen LogP contribution in [0, 0.1) is 0 Å². The molecule has 0 saturated carbocycles. The van der Waals surface area contributed by atoms with E-state index < -0.39 is 5.97 Å². The number of H-pyrrole nitrogens is 1. The summed E-state index contributed by atoms with van der Waals surface area (Å²) < 4.78 is 3.48. The zero-order valence-electron chi connectivity index (χ0n) is 20.4. The van der Waals surface area contributed by atoms with Crippen molar-refractivity contribution in [2.75, 3.05) is 6.54 Å². The van der Waals surface area contributed by atoms with Gasteiger partial charge < -0.3 is 20.1 Å². The lowest BCUT2D eigenvalue weighted by atomic mass is 10.0. The van der Waals surface area contributed by atoms with Gasteiger partial charge in [-0.15, -0.1) is 0 Å². The van der Waals surface area contributed by atoms with Gasteiger partial charge in [-0.3, -0.25) is 4.79 Å². The first-order chi connectivity index (χ1) is 18.4. The number of nitrogens with one attached hydrogen (secondary N) is 1. The molecule has 0 radical (unpaired) electrons. The summed E-state index contributed by atoms with van der Waals surface area (Å²) in [6.45, 7) is 2.52. The molecule has 3 N–H and O–H groups in total. The molecule has 0 spiro atoms. The van der Waals surface area contributed by atoms with Crippen LogP contribution in [0.1, 0.15) is 13.3 Å². The van der Waals surface area contributed by atoms with E-state index >= 15 is 0 Å². The molecular formula is C28H23ClN6O3. The Bertz CT molecular complexity index is 1900. The minimum atomic E-state index is -0.475. The van der Waals surface area contributed by atoms with Crippen LogP contribution in [-0.2, 0) is 11.3 Å². The summed E-state index contributed by atoms with van der Waals surface area (Å²) in [4.78, 5) is 42.4. The highest BCUT2D eigenvalue weighted by molar-refractivity contribution is 6.30. The Hall–Kier alpha value is -4.47. The van der Waals surface area contributed by atoms with Crippen LogP contribution in [0.2, 0.25) is 5.02 Å². The molecule has 0 atom stereocenters. The van der Waals surface area contributed by atoms with E-state index in [0.717, 1.165) is 34.1 Å². The smallest absolute Gasteiger partial charge is 0.329 e. The fourth-order valence-corrected chi connectivity index (χ4v) is 5.01. The Morgan fingerprint density at radius 2 is 1.87 bits per heavy atom. The van der Waals surface area contributed by atoms with Crippen molar-refractivity contribution in [1.29, 1.82) is 0 Å². The Morgan fingerprint density at radius 1 is 1.08 bits per heavy atom. The number of rotatable bonds is 6. The molecule has 0 aliphatic carbocycles. The van der Waals surface area contributed by atoms with E-state index in [1.54, 1.807) is 12.1 Å². The number of imidazole rings is 1. The Kier molecular flexibility index (Phi) is 5.94. The molecule has 3 aromatic heterocycles. The van der Waals surface area contributed by atoms with Crippen LogP contribution in [0.3, 0.4) is 0 Å². The summed E-state index contributed by atoms with van der Waals surface area (Å²) in [5.41, 5.74) is 11.5. The monoisotopic (exact) mass is 526 g/mol. The first-order valence-electron chi connectivity index (χ1n) is 12.1. The number of aromatic amines is 1. The summed E-state index contributed by atoms with van der Waals surface area (Å²) >= 11 is 6.20. The molecule has 0 amide bonds. The molecule has 10 heteroatoms. The number of fused-ring (bicyclic) bond motifs is 3. The zero-order valence-corrected chi connectivity index (χ0v) is 21.2. The third-order valence-electron chi connectivity index (χ3n) is 6.47. The number of aromatic nitrogens is 5. The van der Waals surface area contributed by atoms with Gasteiger partial charge in [0.25, 0.3) is 5.56 Å². The highest BCUT2D eigenvalue weighted by atomic mass is 35.5. The van der Waals surface area contributed by atoms with Crippen molar-refractivity contribution in [3.63, 3.8) is 0 Å². The van der Waals surface area contributed by atoms with Gasteiger partial charge in [0.15, 0.2) is 0 Å². The molecular weight excluding hydrogens is 504 g/mol. The molecule has 3 heterocycles. The van der Waals surface area contributed by atoms with E-state index in [2.05, 4.69) is 14.5 Å². The molecule has 0 fully saturated rings. The fourth-order valence-electron chi connectivity index (χ4n) is 4.88. The third kappa shape index (κ3) is 4.02. The minimum absolute atomic E-state index is 0.281. The normalized spacial score (nSPS) is 11.6. The summed E-state index contributed by atoms with van der Waals surface area (Å²) in [7, 11) is 0. The number of nitrogens with zero attached hydrogens (tertiary/aromatic N) is 4. The maximum absolute atomic E-state index is 13.6. The molecule has 6 aromatic rings. The van der Waals surface area contributed by atoms with Gasteiger partial charge in [0.1, 0.15) is 17.5 Å². The average molecular weight is 527 g/mol. The molecule has 38 heavy (non-hydrogen) atoms. The summed E-state index contributed by atoms with van der Waals surface area (Å²) in [6, 6.07) is 18.9. The predicted octanol–water partition coefficient (Wildman–Crippen LogP) is 4.54. The molecule has 0 saturated heterocycles. The lowest BCUT2D eigenvalue weighted by Crippen LogP contribution is -2.15. The fraction of sp³-hybridized carbons (Fsp3) is 0.143. The van der Waals surface area contributed by atoms with Gasteiger partial charge in [-0.05, 0) is 48.9 Å². The van der Waals surface area contributed by atoms with E-state index in [9.17, 15) is 9.59 Å². The highest BCUT2D eigenvalue weighted by Gasteiger charge is 2.23. The van der Waals surface area contributed by atoms with Crippen molar-refractivity contribution in [1.82, 2.24) is 24.2 Å². The van der Waals surface area contributed by atoms with E-state index in [1.807, 2.05) is 48.5 Å². The summed E-state index contributed by atoms with van der Waals surface area (Å²) in [5, 5.41) is 1.52. The molecule has 0 aliphatic rings. The molecule has 3 aromatic carbocycles. The van der Waals surface area contributed by atoms with Crippen molar-refractivity contribution in [2.24, 2.45) is 5.73 Å². The Morgan fingerprint density at radius 3 is 2.63 bits per heavy atom. The largest absolute Gasteiger partial charge is 0.340 e. The van der Waals surface area contributed by atoms with Crippen LogP contribution in [0.25, 0.3) is 55.5 Å². The molecule has 0 bridgehead atoms. The second-order valence-electron chi connectivity index (χ2n) is 8.97. The van der Waals surface area contributed by atoms with Crippen molar-refractivity contribution in [3.8, 4) is 22.5 Å². The van der Waals surface area contributed by atoms with Crippen LogP contribution in [0.4, 0.5) is 0 Å². The van der Waals surface area contributed by atoms with Crippen molar-refractivity contribution in [2.45, 2.75) is 19.9 Å². The van der Waals surface area contributed by atoms with Gasteiger partial charge >= 0.3 is 5.97 Å². The Balaban J connectivity index is 1.66. The standard InChI is InChI=1S/C28H23ClN6O3/c1-16(36)38-35-15-31-22-13-20-21(14-24(22)35)32-26(28(37)33-20)25-19-5-2-3-6-23(19)34(12-4-11-30)27(25)17-7-9-18(29)10-8-17/h2-3,5-10,13-15H,4,11-12,30H2,1H3,(H,33,37). The van der Waals surface area contributed by atoms with Gasteiger partial charge in [0, 0.05) is 35.0 Å². The second kappa shape index (κ2) is 9.44. The number of hydrogen-bond donors (Lipinski definition) is 2. The quantitative estimate of drug-likeness (QED) is 0.329. The van der Waals surface area contributed by atoms with Crippen LogP contribution in [0.5, 0.6) is 0 Å². The first-order valence-corrected chi connectivity index (χ1v) is 12.5. The molecule has 9 nitrogen and oxygen atoms in total. The number of para-hydroxylation sites is 1. The lowest BCUT2D eigenvalue weighted by Gasteiger charge is -2.13. The number of halogens is 1. The maximum Gasteiger partial charge on any atom is 0.329 e. The van der Waals surface area contributed by atoms with Crippen LogP contribution in [-0.4, -0.2) is 36.8 Å². The van der Waals surface area contributed by atoms with Gasteiger partial charge in [0.2, 0.25) is 0 Å². The zero-order chi connectivity index (χ0) is 26.4. The van der Waals surface area contributed by atoms with Crippen LogP contribution < -0.4 is 16.1 Å². The lowest BCUT2D eigenvalue weighted by molar-refractivity contribution is -0.141. The van der Waals surface area contributed by atoms with E-state index in [4.69, 9.17) is 27.2 Å². The third-order valence-corrected chi connectivity index (χ3v) is 6.72. The van der Waals surface area contributed by atoms with Crippen molar-refractivity contribution < 1.29 is 9.63 Å². The van der Waals surface area contributed by atoms with Gasteiger partial charge in [0.05, 0.1) is 22.2 Å². The summed E-state index contributed by atoms with van der Waals surface area (Å²) in [5.74, 6) is -0.475. The SMILES string of the molecule is CC(=O)On1cnc2cc3[nH]c(=O)c(-c4c(-c5ccc(Cl)cc5)n(CCCN)c5ccccc45)nc3cc21. The van der Waals surface area contributed by atoms with E-state index in [0.29, 0.717) is 40.2 Å². The molecule has 6 rings (SSSR count). The highest BCUT2D eigenvalue weighted by Crippen LogP contribution is 2.40. The van der Waals surface area contributed by atoms with Gasteiger partial charge in [-0.1, -0.05) is 41.9 Å². The van der Waals surface area contributed by atoms with Crippen molar-refractivity contribution >= 4 is 50.5 Å². The minimum Gasteiger partial charge on any atom is -0.340 e. The van der Waals surface area contributed by atoms with Gasteiger partial charge in [-0.2, -0.15) is 4.73 Å². The number of nitrogens with two attached hydrogens (primary N) is 1. The second-order valence-corrected chi connectivity index (χ2v) is 9.40. The maximum atomic E-state index is 13.6. The number of benzene rings is 3. The Labute approximate surface area is 221 Å². The topological polar surface area (TPSA) is 121 Å².